The summed E-state index contributed by atoms with van der Waals surface area (Å²) >= 11 is 0. The zero-order valence-corrected chi connectivity index (χ0v) is 15.4. The molecule has 0 aromatic carbocycles. The van der Waals surface area contributed by atoms with Gasteiger partial charge >= 0.3 is 11.7 Å². The molecule has 8 nitrogen and oxygen atoms in total. The van der Waals surface area contributed by atoms with Gasteiger partial charge in [-0.1, -0.05) is 11.6 Å². The summed E-state index contributed by atoms with van der Waals surface area (Å²) in [5.41, 5.74) is -0.844. The minimum absolute atomic E-state index is 0.120. The van der Waals surface area contributed by atoms with Crippen molar-refractivity contribution in [1.82, 2.24) is 14.5 Å². The number of carbonyl (C=O) groups is 2. The number of aromatic amines is 1. The first-order valence-electron chi connectivity index (χ1n) is 8.58. The monoisotopic (exact) mass is 363 g/mol. The zero-order valence-electron chi connectivity index (χ0n) is 15.4. The summed E-state index contributed by atoms with van der Waals surface area (Å²) < 4.78 is 0.912. The number of allylic oxidation sites excluding steroid dienone is 2. The molecule has 1 amide bonds. The molecule has 0 radical (unpaired) electrons. The Labute approximate surface area is 151 Å². The molecular weight excluding hydrogens is 338 g/mol. The summed E-state index contributed by atoms with van der Waals surface area (Å²) in [5, 5.41) is 9.74. The van der Waals surface area contributed by atoms with Gasteiger partial charge in [0.15, 0.2) is 0 Å². The average Bonchev–Trinajstić information content (AvgIpc) is 2.60. The number of rotatable bonds is 5. The normalized spacial score (nSPS) is 19.9. The molecular formula is C18H25N3O5. The number of nitrogens with one attached hydrogen (secondary N) is 1. The summed E-state index contributed by atoms with van der Waals surface area (Å²) in [7, 11) is 1.34. The molecule has 2 heterocycles. The van der Waals surface area contributed by atoms with Gasteiger partial charge in [0.25, 0.3) is 5.56 Å². The standard InChI is InChI=1S/C18H25N3O5/c1-12(2)5-7-18(16(24)25)6-4-8-21(11-18)14(22)9-13-10-19-17(26)20(3)15(13)23/h5,10H,4,6-9,11H2,1-3H3,(H,19,26)(H,24,25). The lowest BCUT2D eigenvalue weighted by molar-refractivity contribution is -0.154. The third-order valence-electron chi connectivity index (χ3n) is 4.88. The van der Waals surface area contributed by atoms with Crippen LogP contribution in [0.5, 0.6) is 0 Å². The maximum Gasteiger partial charge on any atom is 0.328 e. The third-order valence-corrected chi connectivity index (χ3v) is 4.88. The van der Waals surface area contributed by atoms with Crippen molar-refractivity contribution in [3.8, 4) is 0 Å². The molecule has 142 valence electrons. The number of likely N-dealkylation sites (tertiary alicyclic amines) is 1. The fourth-order valence-corrected chi connectivity index (χ4v) is 3.19. The number of nitrogens with zero attached hydrogens (tertiary/aromatic N) is 2. The van der Waals surface area contributed by atoms with Crippen LogP contribution in [0.25, 0.3) is 0 Å². The fraction of sp³-hybridized carbons (Fsp3) is 0.556. The van der Waals surface area contributed by atoms with Crippen molar-refractivity contribution >= 4 is 11.9 Å². The lowest BCUT2D eigenvalue weighted by Gasteiger charge is -2.39. The molecule has 1 unspecified atom stereocenters. The highest BCUT2D eigenvalue weighted by Crippen LogP contribution is 2.35. The van der Waals surface area contributed by atoms with Gasteiger partial charge in [-0.15, -0.1) is 0 Å². The van der Waals surface area contributed by atoms with Crippen LogP contribution in [0.15, 0.2) is 27.4 Å². The van der Waals surface area contributed by atoms with E-state index < -0.39 is 22.6 Å². The lowest BCUT2D eigenvalue weighted by atomic mass is 9.76. The van der Waals surface area contributed by atoms with E-state index in [2.05, 4.69) is 4.98 Å². The smallest absolute Gasteiger partial charge is 0.328 e. The highest BCUT2D eigenvalue weighted by molar-refractivity contribution is 5.81. The number of carboxylic acids is 1. The number of hydrogen-bond acceptors (Lipinski definition) is 4. The van der Waals surface area contributed by atoms with Crippen LogP contribution in [-0.2, 0) is 23.1 Å². The van der Waals surface area contributed by atoms with Gasteiger partial charge in [0.1, 0.15) is 0 Å². The molecule has 1 aliphatic rings. The van der Waals surface area contributed by atoms with Crippen LogP contribution in [0.4, 0.5) is 0 Å². The fourth-order valence-electron chi connectivity index (χ4n) is 3.19. The van der Waals surface area contributed by atoms with Crippen LogP contribution in [-0.4, -0.2) is 44.5 Å². The van der Waals surface area contributed by atoms with E-state index >= 15 is 0 Å². The second kappa shape index (κ2) is 7.72. The van der Waals surface area contributed by atoms with Crippen LogP contribution >= 0.6 is 0 Å². The van der Waals surface area contributed by atoms with Crippen LogP contribution in [0, 0.1) is 5.41 Å². The maximum atomic E-state index is 12.6. The molecule has 0 saturated carbocycles. The summed E-state index contributed by atoms with van der Waals surface area (Å²) in [6.07, 6.45) is 4.45. The first-order chi connectivity index (χ1) is 12.2. The van der Waals surface area contributed by atoms with Gasteiger partial charge in [0, 0.05) is 31.9 Å². The van der Waals surface area contributed by atoms with Gasteiger partial charge in [-0.2, -0.15) is 0 Å². The maximum absolute atomic E-state index is 12.6. The molecule has 2 rings (SSSR count). The topological polar surface area (TPSA) is 112 Å². The van der Waals surface area contributed by atoms with Crippen LogP contribution < -0.4 is 11.2 Å². The molecule has 1 aromatic heterocycles. The van der Waals surface area contributed by atoms with Crippen molar-refractivity contribution in [3.05, 3.63) is 44.2 Å². The molecule has 1 saturated heterocycles. The quantitative estimate of drug-likeness (QED) is 0.747. The van der Waals surface area contributed by atoms with E-state index in [1.807, 2.05) is 19.9 Å². The van der Waals surface area contributed by atoms with Gasteiger partial charge in [-0.3, -0.25) is 19.0 Å². The van der Waals surface area contributed by atoms with Gasteiger partial charge in [0.2, 0.25) is 5.91 Å². The second-order valence-electron chi connectivity index (χ2n) is 7.15. The molecule has 1 aliphatic heterocycles. The van der Waals surface area contributed by atoms with E-state index in [9.17, 15) is 24.3 Å². The summed E-state index contributed by atoms with van der Waals surface area (Å²) in [6.45, 7) is 4.40. The highest BCUT2D eigenvalue weighted by atomic mass is 16.4. The van der Waals surface area contributed by atoms with Crippen molar-refractivity contribution in [2.24, 2.45) is 12.5 Å². The van der Waals surface area contributed by atoms with E-state index in [1.54, 1.807) is 0 Å². The zero-order chi connectivity index (χ0) is 19.5. The Hall–Kier alpha value is -2.64. The Morgan fingerprint density at radius 1 is 1.35 bits per heavy atom. The first-order valence-corrected chi connectivity index (χ1v) is 8.58. The van der Waals surface area contributed by atoms with E-state index in [0.29, 0.717) is 25.8 Å². The highest BCUT2D eigenvalue weighted by Gasteiger charge is 2.42. The molecule has 1 aromatic rings. The minimum Gasteiger partial charge on any atom is -0.481 e. The van der Waals surface area contributed by atoms with Crippen molar-refractivity contribution in [2.75, 3.05) is 13.1 Å². The van der Waals surface area contributed by atoms with E-state index in [1.165, 1.54) is 18.1 Å². The Bertz CT molecular complexity index is 847. The predicted molar refractivity (Wildman–Crippen MR) is 95.9 cm³/mol. The largest absolute Gasteiger partial charge is 0.481 e. The molecule has 26 heavy (non-hydrogen) atoms. The average molecular weight is 363 g/mol. The van der Waals surface area contributed by atoms with Crippen LogP contribution in [0.1, 0.15) is 38.7 Å². The molecule has 2 N–H and O–H groups in total. The van der Waals surface area contributed by atoms with Crippen molar-refractivity contribution in [2.45, 2.75) is 39.5 Å². The number of aromatic nitrogens is 2. The van der Waals surface area contributed by atoms with Gasteiger partial charge in [-0.25, -0.2) is 4.79 Å². The summed E-state index contributed by atoms with van der Waals surface area (Å²) in [5.74, 6) is -1.22. The molecule has 8 heteroatoms. The van der Waals surface area contributed by atoms with Crippen LogP contribution in [0.2, 0.25) is 0 Å². The van der Waals surface area contributed by atoms with Crippen molar-refractivity contribution in [1.29, 1.82) is 0 Å². The second-order valence-corrected chi connectivity index (χ2v) is 7.15. The molecule has 1 fully saturated rings. The molecule has 0 spiro atoms. The van der Waals surface area contributed by atoms with E-state index in [-0.39, 0.29) is 24.4 Å². The number of amides is 1. The SMILES string of the molecule is CC(C)=CCC1(C(=O)O)CCCN(C(=O)Cc2c[nH]c(=O)n(C)c2=O)C1. The number of piperidine rings is 1. The molecule has 0 bridgehead atoms. The van der Waals surface area contributed by atoms with Gasteiger partial charge in [0.05, 0.1) is 11.8 Å². The minimum atomic E-state index is -0.999. The summed E-state index contributed by atoms with van der Waals surface area (Å²) in [6, 6.07) is 0. The number of carbonyl (C=O) groups excluding carboxylic acids is 1. The van der Waals surface area contributed by atoms with E-state index in [0.717, 1.165) is 10.1 Å². The predicted octanol–water partition coefficient (Wildman–Crippen LogP) is 0.666. The van der Waals surface area contributed by atoms with E-state index in [4.69, 9.17) is 0 Å². The number of carboxylic acid groups (broad SMARTS) is 1. The Kier molecular flexibility index (Phi) is 5.84. The molecule has 1 atom stereocenters. The third kappa shape index (κ3) is 4.12. The van der Waals surface area contributed by atoms with Gasteiger partial charge in [-0.05, 0) is 33.1 Å². The Morgan fingerprint density at radius 3 is 2.65 bits per heavy atom. The molecule has 0 aliphatic carbocycles. The Balaban J connectivity index is 2.20. The van der Waals surface area contributed by atoms with Crippen molar-refractivity contribution < 1.29 is 14.7 Å². The first kappa shape index (κ1) is 19.7. The number of hydrogen-bond donors (Lipinski definition) is 2. The van der Waals surface area contributed by atoms with Crippen molar-refractivity contribution in [3.63, 3.8) is 0 Å². The lowest BCUT2D eigenvalue weighted by Crippen LogP contribution is -2.50. The number of aliphatic carboxylic acids is 1. The summed E-state index contributed by atoms with van der Waals surface area (Å²) in [4.78, 5) is 52.0. The van der Waals surface area contributed by atoms with Crippen LogP contribution in [0.3, 0.4) is 0 Å². The Morgan fingerprint density at radius 2 is 2.04 bits per heavy atom. The number of H-pyrrole nitrogens is 1. The van der Waals surface area contributed by atoms with Gasteiger partial charge < -0.3 is 15.0 Å².